The van der Waals surface area contributed by atoms with Crippen LogP contribution < -0.4 is 15.0 Å². The van der Waals surface area contributed by atoms with Crippen molar-refractivity contribution in [3.05, 3.63) is 84.4 Å². The molecule has 1 N–H and O–H groups in total. The van der Waals surface area contributed by atoms with Gasteiger partial charge in [0.15, 0.2) is 0 Å². The number of benzene rings is 3. The maximum absolute atomic E-state index is 12.8. The van der Waals surface area contributed by atoms with E-state index in [1.165, 1.54) is 5.56 Å². The summed E-state index contributed by atoms with van der Waals surface area (Å²) < 4.78 is 7.75. The van der Waals surface area contributed by atoms with Crippen LogP contribution >= 0.6 is 0 Å². The smallest absolute Gasteiger partial charge is 0.321 e. The fourth-order valence-electron chi connectivity index (χ4n) is 4.34. The average Bonchev–Trinajstić information content (AvgIpc) is 3.24. The summed E-state index contributed by atoms with van der Waals surface area (Å²) in [6, 6.07) is 26.1. The van der Waals surface area contributed by atoms with E-state index in [9.17, 15) is 4.79 Å². The number of urea groups is 1. The van der Waals surface area contributed by atoms with E-state index in [1.807, 2.05) is 48.2 Å². The number of hydrogen-bond acceptors (Lipinski definition) is 4. The molecule has 3 aromatic carbocycles. The summed E-state index contributed by atoms with van der Waals surface area (Å²) in [4.78, 5) is 21.9. The summed E-state index contributed by atoms with van der Waals surface area (Å²) in [5, 5.41) is 2.99. The Morgan fingerprint density at radius 2 is 1.62 bits per heavy atom. The quantitative estimate of drug-likeness (QED) is 0.452. The normalized spacial score (nSPS) is 13.8. The summed E-state index contributed by atoms with van der Waals surface area (Å²) in [5.41, 5.74) is 4.11. The number of amides is 2. The second kappa shape index (κ2) is 9.87. The van der Waals surface area contributed by atoms with Crippen molar-refractivity contribution in [2.24, 2.45) is 0 Å². The van der Waals surface area contributed by atoms with Gasteiger partial charge >= 0.3 is 6.03 Å². The molecule has 0 aliphatic carbocycles. The van der Waals surface area contributed by atoms with Crippen LogP contribution in [-0.2, 0) is 6.54 Å². The zero-order valence-electron chi connectivity index (χ0n) is 19.4. The van der Waals surface area contributed by atoms with E-state index >= 15 is 0 Å². The number of imidazole rings is 1. The third kappa shape index (κ3) is 4.69. The Morgan fingerprint density at radius 1 is 0.912 bits per heavy atom. The van der Waals surface area contributed by atoms with Crippen LogP contribution in [-0.4, -0.2) is 53.3 Å². The van der Waals surface area contributed by atoms with Crippen molar-refractivity contribution in [1.82, 2.24) is 14.5 Å². The molecule has 5 rings (SSSR count). The molecule has 0 atom stereocenters. The first-order valence-electron chi connectivity index (χ1n) is 11.7. The lowest BCUT2D eigenvalue weighted by Crippen LogP contribution is -2.50. The minimum atomic E-state index is -0.0819. The number of hydrogen-bond donors (Lipinski definition) is 1. The van der Waals surface area contributed by atoms with Gasteiger partial charge in [0.2, 0.25) is 5.95 Å². The van der Waals surface area contributed by atoms with E-state index in [-0.39, 0.29) is 6.03 Å². The number of carbonyl (C=O) groups excluding carboxylic acids is 1. The number of para-hydroxylation sites is 2. The van der Waals surface area contributed by atoms with E-state index in [0.29, 0.717) is 19.7 Å². The molecule has 4 aromatic rings. The van der Waals surface area contributed by atoms with Crippen molar-refractivity contribution in [1.29, 1.82) is 0 Å². The zero-order valence-corrected chi connectivity index (χ0v) is 19.4. The molecule has 1 aromatic heterocycles. The average molecular weight is 456 g/mol. The van der Waals surface area contributed by atoms with Gasteiger partial charge in [0.1, 0.15) is 5.75 Å². The second-order valence-electron chi connectivity index (χ2n) is 8.33. The van der Waals surface area contributed by atoms with E-state index in [4.69, 9.17) is 9.72 Å². The lowest BCUT2D eigenvalue weighted by atomic mass is 10.2. The summed E-state index contributed by atoms with van der Waals surface area (Å²) in [6.07, 6.45) is 0. The summed E-state index contributed by atoms with van der Waals surface area (Å²) in [6.45, 7) is 6.06. The maximum Gasteiger partial charge on any atom is 0.321 e. The maximum atomic E-state index is 12.8. The number of nitrogens with zero attached hydrogens (tertiary/aromatic N) is 4. The highest BCUT2D eigenvalue weighted by Gasteiger charge is 2.25. The van der Waals surface area contributed by atoms with Crippen LogP contribution in [0, 0.1) is 0 Å². The molecule has 1 aliphatic heterocycles. The third-order valence-electron chi connectivity index (χ3n) is 6.08. The van der Waals surface area contributed by atoms with Gasteiger partial charge in [-0.15, -0.1) is 0 Å². The Labute approximate surface area is 199 Å². The van der Waals surface area contributed by atoms with Gasteiger partial charge in [0.05, 0.1) is 24.2 Å². The van der Waals surface area contributed by atoms with Crippen LogP contribution in [0.15, 0.2) is 78.9 Å². The van der Waals surface area contributed by atoms with E-state index in [0.717, 1.165) is 48.1 Å². The van der Waals surface area contributed by atoms with Crippen LogP contribution in [0.2, 0.25) is 0 Å². The number of rotatable bonds is 6. The Morgan fingerprint density at radius 3 is 2.35 bits per heavy atom. The number of aromatic nitrogens is 2. The molecule has 7 heteroatoms. The topological polar surface area (TPSA) is 62.6 Å². The van der Waals surface area contributed by atoms with Crippen molar-refractivity contribution in [2.45, 2.75) is 13.5 Å². The van der Waals surface area contributed by atoms with Gasteiger partial charge < -0.3 is 24.4 Å². The van der Waals surface area contributed by atoms with Crippen LogP contribution in [0.5, 0.6) is 5.75 Å². The molecule has 34 heavy (non-hydrogen) atoms. The summed E-state index contributed by atoms with van der Waals surface area (Å²) in [7, 11) is 0. The fourth-order valence-corrected chi connectivity index (χ4v) is 4.34. The molecule has 0 spiro atoms. The van der Waals surface area contributed by atoms with Crippen molar-refractivity contribution >= 4 is 28.7 Å². The molecule has 0 bridgehead atoms. The third-order valence-corrected chi connectivity index (χ3v) is 6.08. The first-order valence-corrected chi connectivity index (χ1v) is 11.7. The predicted octanol–water partition coefficient (Wildman–Crippen LogP) is 4.84. The van der Waals surface area contributed by atoms with Gasteiger partial charge in [-0.05, 0) is 48.9 Å². The number of ether oxygens (including phenoxy) is 1. The summed E-state index contributed by atoms with van der Waals surface area (Å²) in [5.74, 6) is 1.75. The van der Waals surface area contributed by atoms with Gasteiger partial charge in [-0.1, -0.05) is 42.5 Å². The Hall–Kier alpha value is -4.00. The molecule has 0 unspecified atom stereocenters. The van der Waals surface area contributed by atoms with Crippen LogP contribution in [0.25, 0.3) is 11.0 Å². The molecule has 1 aliphatic rings. The van der Waals surface area contributed by atoms with Crippen molar-refractivity contribution in [2.75, 3.05) is 43.0 Å². The minimum Gasteiger partial charge on any atom is -0.494 e. The molecule has 2 amide bonds. The first kappa shape index (κ1) is 21.8. The summed E-state index contributed by atoms with van der Waals surface area (Å²) >= 11 is 0. The number of anilines is 2. The highest BCUT2D eigenvalue weighted by atomic mass is 16.5. The number of piperazine rings is 1. The second-order valence-corrected chi connectivity index (χ2v) is 8.33. The van der Waals surface area contributed by atoms with Crippen LogP contribution in [0.3, 0.4) is 0 Å². The Bertz CT molecular complexity index is 1250. The van der Waals surface area contributed by atoms with Gasteiger partial charge in [-0.25, -0.2) is 9.78 Å². The fraction of sp³-hybridized carbons (Fsp3) is 0.259. The minimum absolute atomic E-state index is 0.0819. The lowest BCUT2D eigenvalue weighted by molar-refractivity contribution is 0.208. The Kier molecular flexibility index (Phi) is 6.33. The molecule has 2 heterocycles. The highest BCUT2D eigenvalue weighted by Crippen LogP contribution is 2.25. The number of nitrogens with one attached hydrogen (secondary N) is 1. The van der Waals surface area contributed by atoms with Crippen molar-refractivity contribution in [3.8, 4) is 5.75 Å². The monoisotopic (exact) mass is 455 g/mol. The number of carbonyl (C=O) groups is 1. The standard InChI is InChI=1S/C27H29N5O2/c1-2-34-23-14-12-22(13-15-23)28-27(33)31-18-16-30(17-19-31)26-29-24-10-6-7-11-25(24)32(26)20-21-8-4-3-5-9-21/h3-15H,2,16-20H2,1H3,(H,28,33). The van der Waals surface area contributed by atoms with Gasteiger partial charge in [-0.2, -0.15) is 0 Å². The first-order chi connectivity index (χ1) is 16.7. The van der Waals surface area contributed by atoms with Crippen LogP contribution in [0.4, 0.5) is 16.4 Å². The van der Waals surface area contributed by atoms with Crippen LogP contribution in [0.1, 0.15) is 12.5 Å². The van der Waals surface area contributed by atoms with E-state index in [2.05, 4.69) is 57.2 Å². The van der Waals surface area contributed by atoms with Gasteiger partial charge in [0, 0.05) is 31.9 Å². The molecule has 0 saturated carbocycles. The predicted molar refractivity (Wildman–Crippen MR) is 136 cm³/mol. The SMILES string of the molecule is CCOc1ccc(NC(=O)N2CCN(c3nc4ccccc4n3Cc3ccccc3)CC2)cc1. The lowest BCUT2D eigenvalue weighted by Gasteiger charge is -2.35. The van der Waals surface area contributed by atoms with Gasteiger partial charge in [-0.3, -0.25) is 0 Å². The van der Waals surface area contributed by atoms with Crippen molar-refractivity contribution < 1.29 is 9.53 Å². The highest BCUT2D eigenvalue weighted by molar-refractivity contribution is 5.89. The Balaban J connectivity index is 1.27. The largest absolute Gasteiger partial charge is 0.494 e. The van der Waals surface area contributed by atoms with E-state index < -0.39 is 0 Å². The molecule has 1 saturated heterocycles. The molecular formula is C27H29N5O2. The van der Waals surface area contributed by atoms with E-state index in [1.54, 1.807) is 0 Å². The molecule has 7 nitrogen and oxygen atoms in total. The molecule has 1 fully saturated rings. The van der Waals surface area contributed by atoms with Crippen molar-refractivity contribution in [3.63, 3.8) is 0 Å². The van der Waals surface area contributed by atoms with Gasteiger partial charge in [0.25, 0.3) is 0 Å². The molecule has 0 radical (unpaired) electrons. The molecular weight excluding hydrogens is 426 g/mol. The number of fused-ring (bicyclic) bond motifs is 1. The molecule has 174 valence electrons. The zero-order chi connectivity index (χ0) is 23.3.